The fraction of sp³-hybridized carbons (Fsp3) is 0. The van der Waals surface area contributed by atoms with Crippen LogP contribution < -0.4 is 9.50 Å². The maximum absolute atomic E-state index is 12.3. The van der Waals surface area contributed by atoms with E-state index in [9.17, 15) is 13.2 Å². The Labute approximate surface area is 163 Å². The number of carbonyl (C=O) groups excluding carboxylic acids is 1. The van der Waals surface area contributed by atoms with Crippen molar-refractivity contribution in [2.24, 2.45) is 0 Å². The predicted molar refractivity (Wildman–Crippen MR) is 102 cm³/mol. The summed E-state index contributed by atoms with van der Waals surface area (Å²) in [7, 11) is -4.06. The van der Waals surface area contributed by atoms with Crippen LogP contribution >= 0.6 is 35.0 Å². The molecule has 0 aliphatic carbocycles. The molecule has 10 heteroatoms. The van der Waals surface area contributed by atoms with Crippen LogP contribution in [0.4, 0.5) is 0 Å². The van der Waals surface area contributed by atoms with Crippen molar-refractivity contribution in [3.05, 3.63) is 63.0 Å². The molecule has 0 unspecified atom stereocenters. The summed E-state index contributed by atoms with van der Waals surface area (Å²) in [6.07, 6.45) is 1.55. The van der Waals surface area contributed by atoms with Crippen LogP contribution in [0.2, 0.25) is 10.0 Å². The molecule has 2 aromatic carbocycles. The minimum absolute atomic E-state index is 0.0416. The van der Waals surface area contributed by atoms with E-state index in [2.05, 4.69) is 5.32 Å². The highest BCUT2D eigenvalue weighted by Crippen LogP contribution is 2.31. The first-order valence-electron chi connectivity index (χ1n) is 7.04. The van der Waals surface area contributed by atoms with Gasteiger partial charge in [-0.2, -0.15) is 8.42 Å². The van der Waals surface area contributed by atoms with Crippen molar-refractivity contribution in [2.45, 2.75) is 4.90 Å². The monoisotopic (exact) mass is 428 g/mol. The number of benzene rings is 2. The van der Waals surface area contributed by atoms with Gasteiger partial charge in [-0.25, -0.2) is 0 Å². The number of rotatable bonds is 4. The van der Waals surface area contributed by atoms with Crippen molar-refractivity contribution in [3.8, 4) is 5.75 Å². The van der Waals surface area contributed by atoms with Crippen molar-refractivity contribution in [2.75, 3.05) is 0 Å². The molecule has 2 N–H and O–H groups in total. The molecule has 1 fully saturated rings. The van der Waals surface area contributed by atoms with Crippen LogP contribution in [0.15, 0.2) is 52.3 Å². The standard InChI is InChI=1S/C16H10Cl2N2O4S2/c17-10-2-4-11(5-3-10)26(22,23)24-13-6-1-9(7-12(13)18)8-14-15(21)20-16(19)25-14/h1-8H,(H2,19,20,21). The Morgan fingerprint density at radius 3 is 2.38 bits per heavy atom. The predicted octanol–water partition coefficient (Wildman–Crippen LogP) is 3.90. The lowest BCUT2D eigenvalue weighted by molar-refractivity contribution is -0.115. The second-order valence-electron chi connectivity index (χ2n) is 5.08. The second kappa shape index (κ2) is 7.32. The number of carbonyl (C=O) groups is 1. The van der Waals surface area contributed by atoms with Gasteiger partial charge in [-0.3, -0.25) is 10.2 Å². The molecular weight excluding hydrogens is 419 g/mol. The van der Waals surface area contributed by atoms with Crippen molar-refractivity contribution in [1.29, 1.82) is 5.41 Å². The highest BCUT2D eigenvalue weighted by molar-refractivity contribution is 8.18. The summed E-state index contributed by atoms with van der Waals surface area (Å²) in [5.41, 5.74) is 0.568. The van der Waals surface area contributed by atoms with Gasteiger partial charge in [0, 0.05) is 5.02 Å². The van der Waals surface area contributed by atoms with Gasteiger partial charge in [0.1, 0.15) is 4.90 Å². The zero-order chi connectivity index (χ0) is 18.9. The van der Waals surface area contributed by atoms with Gasteiger partial charge in [-0.05, 0) is 59.8 Å². The third kappa shape index (κ3) is 4.21. The Morgan fingerprint density at radius 2 is 1.81 bits per heavy atom. The summed E-state index contributed by atoms with van der Waals surface area (Å²) < 4.78 is 29.7. The third-order valence-electron chi connectivity index (χ3n) is 3.22. The minimum atomic E-state index is -4.06. The number of thioether (sulfide) groups is 1. The summed E-state index contributed by atoms with van der Waals surface area (Å²) >= 11 is 12.8. The zero-order valence-corrected chi connectivity index (χ0v) is 16.0. The minimum Gasteiger partial charge on any atom is -0.377 e. The summed E-state index contributed by atoms with van der Waals surface area (Å²) in [5.74, 6) is -0.415. The molecule has 0 atom stereocenters. The molecule has 2 aromatic rings. The summed E-state index contributed by atoms with van der Waals surface area (Å²) in [4.78, 5) is 11.9. The fourth-order valence-electron chi connectivity index (χ4n) is 2.03. The Kier molecular flexibility index (Phi) is 5.29. The maximum Gasteiger partial charge on any atom is 0.339 e. The van der Waals surface area contributed by atoms with Gasteiger partial charge in [-0.15, -0.1) is 0 Å². The Bertz CT molecular complexity index is 1030. The van der Waals surface area contributed by atoms with Crippen molar-refractivity contribution in [1.82, 2.24) is 5.32 Å². The van der Waals surface area contributed by atoms with E-state index < -0.39 is 10.1 Å². The second-order valence-corrected chi connectivity index (χ2v) is 8.52. The lowest BCUT2D eigenvalue weighted by Gasteiger charge is -2.09. The topological polar surface area (TPSA) is 96.3 Å². The van der Waals surface area contributed by atoms with Crippen LogP contribution in [0.25, 0.3) is 6.08 Å². The lowest BCUT2D eigenvalue weighted by atomic mass is 10.2. The molecule has 1 amide bonds. The number of hydrogen-bond donors (Lipinski definition) is 2. The molecule has 0 radical (unpaired) electrons. The van der Waals surface area contributed by atoms with Crippen molar-refractivity contribution >= 4 is 62.2 Å². The van der Waals surface area contributed by atoms with Crippen LogP contribution in [-0.4, -0.2) is 19.5 Å². The molecule has 1 heterocycles. The van der Waals surface area contributed by atoms with E-state index in [0.717, 1.165) is 11.8 Å². The van der Waals surface area contributed by atoms with E-state index in [1.807, 2.05) is 0 Å². The van der Waals surface area contributed by atoms with Gasteiger partial charge >= 0.3 is 10.1 Å². The molecule has 0 bridgehead atoms. The zero-order valence-electron chi connectivity index (χ0n) is 12.8. The number of amidine groups is 1. The summed E-state index contributed by atoms with van der Waals surface area (Å²) in [6.45, 7) is 0. The first-order chi connectivity index (χ1) is 12.2. The average molecular weight is 429 g/mol. The Balaban J connectivity index is 1.84. The molecule has 1 aliphatic rings. The maximum atomic E-state index is 12.3. The number of amides is 1. The summed E-state index contributed by atoms with van der Waals surface area (Å²) in [6, 6.07) is 9.96. The molecule has 26 heavy (non-hydrogen) atoms. The highest BCUT2D eigenvalue weighted by Gasteiger charge is 2.22. The Hall–Kier alpha value is -2.00. The first kappa shape index (κ1) is 18.8. The third-order valence-corrected chi connectivity index (χ3v) is 5.84. The van der Waals surface area contributed by atoms with Crippen molar-refractivity contribution in [3.63, 3.8) is 0 Å². The van der Waals surface area contributed by atoms with Crippen LogP contribution in [-0.2, 0) is 14.9 Å². The SMILES string of the molecule is N=C1NC(=O)C(=Cc2ccc(OS(=O)(=O)c3ccc(Cl)cc3)c(Cl)c2)S1. The van der Waals surface area contributed by atoms with Crippen LogP contribution in [0.3, 0.4) is 0 Å². The molecule has 6 nitrogen and oxygen atoms in total. The van der Waals surface area contributed by atoms with Gasteiger partial charge in [0.05, 0.1) is 9.93 Å². The molecule has 0 saturated carbocycles. The van der Waals surface area contributed by atoms with E-state index in [1.165, 1.54) is 36.4 Å². The van der Waals surface area contributed by atoms with E-state index in [1.54, 1.807) is 12.1 Å². The van der Waals surface area contributed by atoms with E-state index in [4.69, 9.17) is 32.8 Å². The largest absolute Gasteiger partial charge is 0.377 e. The van der Waals surface area contributed by atoms with Gasteiger partial charge in [-0.1, -0.05) is 29.3 Å². The molecule has 1 aliphatic heterocycles. The summed E-state index contributed by atoms with van der Waals surface area (Å²) in [5, 5.41) is 10.3. The molecular formula is C16H10Cl2N2O4S2. The van der Waals surface area contributed by atoms with Crippen LogP contribution in [0, 0.1) is 5.41 Å². The lowest BCUT2D eigenvalue weighted by Crippen LogP contribution is -2.18. The van der Waals surface area contributed by atoms with Crippen LogP contribution in [0.1, 0.15) is 5.56 Å². The van der Waals surface area contributed by atoms with E-state index >= 15 is 0 Å². The number of halogens is 2. The molecule has 0 spiro atoms. The normalized spacial score (nSPS) is 16.0. The van der Waals surface area contributed by atoms with Gasteiger partial charge < -0.3 is 9.50 Å². The van der Waals surface area contributed by atoms with Crippen LogP contribution in [0.5, 0.6) is 5.75 Å². The van der Waals surface area contributed by atoms with Gasteiger partial charge in [0.15, 0.2) is 10.9 Å². The van der Waals surface area contributed by atoms with E-state index in [-0.39, 0.29) is 26.7 Å². The molecule has 134 valence electrons. The van der Waals surface area contributed by atoms with Crippen molar-refractivity contribution < 1.29 is 17.4 Å². The highest BCUT2D eigenvalue weighted by atomic mass is 35.5. The number of hydrogen-bond acceptors (Lipinski definition) is 6. The van der Waals surface area contributed by atoms with E-state index in [0.29, 0.717) is 15.5 Å². The molecule has 3 rings (SSSR count). The quantitative estimate of drug-likeness (QED) is 0.568. The van der Waals surface area contributed by atoms with Gasteiger partial charge in [0.25, 0.3) is 5.91 Å². The molecule has 0 aromatic heterocycles. The number of nitrogens with one attached hydrogen (secondary N) is 2. The smallest absolute Gasteiger partial charge is 0.339 e. The van der Waals surface area contributed by atoms with Gasteiger partial charge in [0.2, 0.25) is 0 Å². The molecule has 1 saturated heterocycles. The average Bonchev–Trinajstić information content (AvgIpc) is 2.88. The first-order valence-corrected chi connectivity index (χ1v) is 10.0. The fourth-order valence-corrected chi connectivity index (χ4v) is 4.08. The Morgan fingerprint density at radius 1 is 1.12 bits per heavy atom.